The first kappa shape index (κ1) is 27.5. The van der Waals surface area contributed by atoms with E-state index in [1.54, 1.807) is 24.1 Å². The zero-order chi connectivity index (χ0) is 25.5. The predicted octanol–water partition coefficient (Wildman–Crippen LogP) is 3.20. The van der Waals surface area contributed by atoms with Gasteiger partial charge in [0, 0.05) is 45.0 Å². The molecule has 0 radical (unpaired) electrons. The summed E-state index contributed by atoms with van der Waals surface area (Å²) in [7, 11) is -0.384. The molecule has 1 saturated heterocycles. The Morgan fingerprint density at radius 1 is 1.08 bits per heavy atom. The number of aromatic nitrogens is 4. The standard InChI is InChI=1S/C24H29FN6O3S.ClH/c1-15-16(2)22(28-27-21(15)17-6-8-18(25)9-7-17)31-12-10-19(11-13-31)29(3)23(32)20-14-26-30(4)24(20)35(5,33)34;/h6-9,14,19H,10-13H2,1-5H3;1H. The minimum Gasteiger partial charge on any atom is -0.355 e. The molecule has 0 spiro atoms. The molecule has 1 fully saturated rings. The van der Waals surface area contributed by atoms with Crippen LogP contribution in [-0.2, 0) is 16.9 Å². The van der Waals surface area contributed by atoms with Gasteiger partial charge in [-0.2, -0.15) is 5.10 Å². The molecule has 0 aliphatic carbocycles. The van der Waals surface area contributed by atoms with Crippen LogP contribution in [0.5, 0.6) is 0 Å². The minimum absolute atomic E-state index is 0. The van der Waals surface area contributed by atoms with Crippen LogP contribution in [0.25, 0.3) is 11.3 Å². The molecule has 1 aromatic carbocycles. The molecule has 0 unspecified atom stereocenters. The van der Waals surface area contributed by atoms with Gasteiger partial charge in [-0.05, 0) is 62.1 Å². The van der Waals surface area contributed by atoms with Crippen molar-refractivity contribution in [2.75, 3.05) is 31.3 Å². The third-order valence-corrected chi connectivity index (χ3v) is 7.90. The van der Waals surface area contributed by atoms with Crippen LogP contribution in [0.15, 0.2) is 35.5 Å². The number of nitrogens with zero attached hydrogens (tertiary/aromatic N) is 6. The number of anilines is 1. The third kappa shape index (κ3) is 5.22. The van der Waals surface area contributed by atoms with Gasteiger partial charge in [0.1, 0.15) is 5.82 Å². The largest absolute Gasteiger partial charge is 0.355 e. The fourth-order valence-corrected chi connectivity index (χ4v) is 5.68. The van der Waals surface area contributed by atoms with Crippen molar-refractivity contribution in [3.63, 3.8) is 0 Å². The monoisotopic (exact) mass is 536 g/mol. The molecule has 0 atom stereocenters. The highest BCUT2D eigenvalue weighted by Gasteiger charge is 2.31. The van der Waals surface area contributed by atoms with Gasteiger partial charge in [0.2, 0.25) is 0 Å². The van der Waals surface area contributed by atoms with Crippen molar-refractivity contribution in [2.24, 2.45) is 7.05 Å². The number of hydrogen-bond acceptors (Lipinski definition) is 7. The molecule has 1 aliphatic rings. The Morgan fingerprint density at radius 2 is 1.69 bits per heavy atom. The van der Waals surface area contributed by atoms with Crippen LogP contribution in [0, 0.1) is 19.7 Å². The van der Waals surface area contributed by atoms with Crippen molar-refractivity contribution in [1.29, 1.82) is 0 Å². The van der Waals surface area contributed by atoms with Crippen molar-refractivity contribution < 1.29 is 17.6 Å². The second kappa shape index (κ2) is 10.5. The first-order valence-corrected chi connectivity index (χ1v) is 13.2. The van der Waals surface area contributed by atoms with Crippen LogP contribution in [0.3, 0.4) is 0 Å². The fraction of sp³-hybridized carbons (Fsp3) is 0.417. The summed E-state index contributed by atoms with van der Waals surface area (Å²) in [6.45, 7) is 5.35. The molecule has 1 amide bonds. The van der Waals surface area contributed by atoms with Gasteiger partial charge < -0.3 is 9.80 Å². The average Bonchev–Trinajstić information content (AvgIpc) is 3.23. The van der Waals surface area contributed by atoms with Crippen molar-refractivity contribution in [1.82, 2.24) is 24.9 Å². The molecule has 1 aliphatic heterocycles. The highest BCUT2D eigenvalue weighted by molar-refractivity contribution is 7.90. The van der Waals surface area contributed by atoms with Crippen LogP contribution in [0.2, 0.25) is 0 Å². The van der Waals surface area contributed by atoms with E-state index in [9.17, 15) is 17.6 Å². The number of sulfone groups is 1. The van der Waals surface area contributed by atoms with E-state index >= 15 is 0 Å². The second-order valence-corrected chi connectivity index (χ2v) is 11.0. The van der Waals surface area contributed by atoms with E-state index in [0.717, 1.165) is 34.5 Å². The fourth-order valence-electron chi connectivity index (χ4n) is 4.61. The number of carbonyl (C=O) groups is 1. The molecule has 0 N–H and O–H groups in total. The van der Waals surface area contributed by atoms with Gasteiger partial charge in [0.25, 0.3) is 5.91 Å². The lowest BCUT2D eigenvalue weighted by Crippen LogP contribution is -2.46. The minimum atomic E-state index is -3.60. The lowest BCUT2D eigenvalue weighted by atomic mass is 10.0. The maximum atomic E-state index is 13.3. The normalized spacial score (nSPS) is 14.4. The second-order valence-electron chi connectivity index (χ2n) is 9.02. The Balaban J connectivity index is 0.00000361. The van der Waals surface area contributed by atoms with E-state index in [1.807, 2.05) is 13.8 Å². The Labute approximate surface area is 216 Å². The van der Waals surface area contributed by atoms with E-state index in [0.29, 0.717) is 25.9 Å². The van der Waals surface area contributed by atoms with Crippen molar-refractivity contribution >= 4 is 34.0 Å². The Kier molecular flexibility index (Phi) is 8.04. The lowest BCUT2D eigenvalue weighted by Gasteiger charge is -2.37. The maximum absolute atomic E-state index is 13.3. The quantitative estimate of drug-likeness (QED) is 0.493. The van der Waals surface area contributed by atoms with Gasteiger partial charge in [0.05, 0.1) is 17.5 Å². The number of aryl methyl sites for hydroxylation is 1. The number of piperidine rings is 1. The highest BCUT2D eigenvalue weighted by Crippen LogP contribution is 2.30. The summed E-state index contributed by atoms with van der Waals surface area (Å²) in [5.74, 6) is 0.148. The Bertz CT molecular complexity index is 1370. The zero-order valence-electron chi connectivity index (χ0n) is 20.9. The number of rotatable bonds is 5. The first-order chi connectivity index (χ1) is 16.5. The maximum Gasteiger partial charge on any atom is 0.258 e. The van der Waals surface area contributed by atoms with Gasteiger partial charge >= 0.3 is 0 Å². The van der Waals surface area contributed by atoms with E-state index in [1.165, 1.54) is 30.1 Å². The van der Waals surface area contributed by atoms with Gasteiger partial charge in [-0.1, -0.05) is 0 Å². The summed E-state index contributed by atoms with van der Waals surface area (Å²) in [5.41, 5.74) is 3.63. The number of benzene rings is 1. The molecular formula is C24H30ClFN6O3S. The van der Waals surface area contributed by atoms with Crippen molar-refractivity contribution in [2.45, 2.75) is 37.8 Å². The van der Waals surface area contributed by atoms with Crippen LogP contribution in [0.1, 0.15) is 34.3 Å². The first-order valence-electron chi connectivity index (χ1n) is 11.3. The van der Waals surface area contributed by atoms with Crippen molar-refractivity contribution in [3.05, 3.63) is 53.0 Å². The molecule has 2 aromatic heterocycles. The third-order valence-electron chi connectivity index (χ3n) is 6.71. The van der Waals surface area contributed by atoms with E-state index in [4.69, 9.17) is 0 Å². The number of amides is 1. The zero-order valence-corrected chi connectivity index (χ0v) is 22.5. The Morgan fingerprint density at radius 3 is 2.28 bits per heavy atom. The topological polar surface area (TPSA) is 101 Å². The smallest absolute Gasteiger partial charge is 0.258 e. The summed E-state index contributed by atoms with van der Waals surface area (Å²) >= 11 is 0. The van der Waals surface area contributed by atoms with E-state index < -0.39 is 9.84 Å². The molecule has 9 nitrogen and oxygen atoms in total. The molecule has 3 heterocycles. The van der Waals surface area contributed by atoms with Gasteiger partial charge in [0.15, 0.2) is 20.7 Å². The molecule has 3 aromatic rings. The molecule has 4 rings (SSSR count). The van der Waals surface area contributed by atoms with Gasteiger partial charge in [-0.3, -0.25) is 9.48 Å². The molecule has 194 valence electrons. The molecule has 36 heavy (non-hydrogen) atoms. The van der Waals surface area contributed by atoms with Crippen LogP contribution in [-0.4, -0.2) is 71.6 Å². The van der Waals surface area contributed by atoms with E-state index in [-0.39, 0.29) is 40.8 Å². The summed E-state index contributed by atoms with van der Waals surface area (Å²) in [6.07, 6.45) is 3.80. The SMILES string of the molecule is Cc1c(-c2ccc(F)cc2)nnc(N2CCC(N(C)C(=O)c3cnn(C)c3S(C)(=O)=O)CC2)c1C.Cl. The van der Waals surface area contributed by atoms with Crippen LogP contribution >= 0.6 is 12.4 Å². The van der Waals surface area contributed by atoms with Gasteiger partial charge in [-0.15, -0.1) is 22.6 Å². The molecular weight excluding hydrogens is 507 g/mol. The summed E-state index contributed by atoms with van der Waals surface area (Å²) in [4.78, 5) is 16.9. The predicted molar refractivity (Wildman–Crippen MR) is 138 cm³/mol. The van der Waals surface area contributed by atoms with Gasteiger partial charge in [-0.25, -0.2) is 12.8 Å². The number of carbonyl (C=O) groups excluding carboxylic acids is 1. The van der Waals surface area contributed by atoms with E-state index in [2.05, 4.69) is 20.2 Å². The number of hydrogen-bond donors (Lipinski definition) is 0. The van der Waals surface area contributed by atoms with Crippen LogP contribution in [0.4, 0.5) is 10.2 Å². The average molecular weight is 537 g/mol. The van der Waals surface area contributed by atoms with Crippen LogP contribution < -0.4 is 4.90 Å². The lowest BCUT2D eigenvalue weighted by molar-refractivity contribution is 0.0704. The summed E-state index contributed by atoms with van der Waals surface area (Å²) in [6, 6.07) is 6.17. The van der Waals surface area contributed by atoms with Crippen molar-refractivity contribution in [3.8, 4) is 11.3 Å². The summed E-state index contributed by atoms with van der Waals surface area (Å²) in [5, 5.41) is 12.8. The Hall–Kier alpha value is -3.05. The summed E-state index contributed by atoms with van der Waals surface area (Å²) < 4.78 is 38.8. The molecule has 0 bridgehead atoms. The number of halogens is 2. The molecule has 0 saturated carbocycles. The molecule has 12 heteroatoms. The highest BCUT2D eigenvalue weighted by atomic mass is 35.5.